The van der Waals surface area contributed by atoms with Gasteiger partial charge in [-0.25, -0.2) is 0 Å². The summed E-state index contributed by atoms with van der Waals surface area (Å²) in [5.74, 6) is -0.177. The normalized spacial score (nSPS) is 11.4. The molecule has 0 saturated carbocycles. The SMILES string of the molecule is COc1ccc(NC(C)=O)cc1NC(=O)C[NH+](C)CC(=O)Nc1cccc(C)c1C. The molecule has 160 valence electrons. The molecule has 0 heterocycles. The van der Waals surface area contributed by atoms with Gasteiger partial charge in [-0.05, 0) is 49.2 Å². The Morgan fingerprint density at radius 2 is 1.57 bits per heavy atom. The van der Waals surface area contributed by atoms with Gasteiger partial charge in [0.05, 0.1) is 19.8 Å². The number of carbonyl (C=O) groups is 3. The number of hydrogen-bond donors (Lipinski definition) is 4. The van der Waals surface area contributed by atoms with Crippen molar-refractivity contribution < 1.29 is 24.0 Å². The summed E-state index contributed by atoms with van der Waals surface area (Å²) in [5, 5.41) is 8.34. The predicted molar refractivity (Wildman–Crippen MR) is 117 cm³/mol. The summed E-state index contributed by atoms with van der Waals surface area (Å²) in [7, 11) is 3.27. The van der Waals surface area contributed by atoms with Crippen LogP contribution in [0.15, 0.2) is 36.4 Å². The highest BCUT2D eigenvalue weighted by Crippen LogP contribution is 2.27. The van der Waals surface area contributed by atoms with Gasteiger partial charge in [0, 0.05) is 18.3 Å². The fourth-order valence-electron chi connectivity index (χ4n) is 2.97. The highest BCUT2D eigenvalue weighted by atomic mass is 16.5. The molecule has 0 bridgehead atoms. The maximum Gasteiger partial charge on any atom is 0.279 e. The second-order valence-corrected chi connectivity index (χ2v) is 7.25. The smallest absolute Gasteiger partial charge is 0.279 e. The second-order valence-electron chi connectivity index (χ2n) is 7.25. The van der Waals surface area contributed by atoms with E-state index < -0.39 is 0 Å². The Kier molecular flexibility index (Phi) is 7.94. The third-order valence-electron chi connectivity index (χ3n) is 4.60. The van der Waals surface area contributed by atoms with Gasteiger partial charge in [0.1, 0.15) is 5.75 Å². The van der Waals surface area contributed by atoms with Crippen LogP contribution in [0.5, 0.6) is 5.75 Å². The maximum absolute atomic E-state index is 12.5. The highest BCUT2D eigenvalue weighted by Gasteiger charge is 2.17. The number of aryl methyl sites for hydroxylation is 1. The van der Waals surface area contributed by atoms with Crippen molar-refractivity contribution in [2.75, 3.05) is 43.2 Å². The fraction of sp³-hybridized carbons (Fsp3) is 0.318. The molecular formula is C22H29N4O4+. The summed E-state index contributed by atoms with van der Waals surface area (Å²) in [5.41, 5.74) is 3.89. The molecule has 8 nitrogen and oxygen atoms in total. The zero-order valence-electron chi connectivity index (χ0n) is 18.0. The fourth-order valence-corrected chi connectivity index (χ4v) is 2.97. The third kappa shape index (κ3) is 6.59. The van der Waals surface area contributed by atoms with E-state index in [0.29, 0.717) is 17.1 Å². The van der Waals surface area contributed by atoms with Gasteiger partial charge in [0.2, 0.25) is 5.91 Å². The molecule has 8 heteroatoms. The minimum atomic E-state index is -0.273. The van der Waals surface area contributed by atoms with E-state index in [4.69, 9.17) is 4.74 Å². The number of ether oxygens (including phenoxy) is 1. The molecule has 0 aliphatic carbocycles. The molecule has 0 aliphatic heterocycles. The van der Waals surface area contributed by atoms with E-state index in [-0.39, 0.29) is 30.8 Å². The van der Waals surface area contributed by atoms with Crippen molar-refractivity contribution in [3.63, 3.8) is 0 Å². The topological polar surface area (TPSA) is 101 Å². The molecule has 0 radical (unpaired) electrons. The summed E-state index contributed by atoms with van der Waals surface area (Å²) < 4.78 is 5.26. The Bertz CT molecular complexity index is 943. The third-order valence-corrected chi connectivity index (χ3v) is 4.60. The molecule has 30 heavy (non-hydrogen) atoms. The van der Waals surface area contributed by atoms with E-state index >= 15 is 0 Å². The Balaban J connectivity index is 1.95. The lowest BCUT2D eigenvalue weighted by molar-refractivity contribution is -0.862. The summed E-state index contributed by atoms with van der Waals surface area (Å²) in [4.78, 5) is 36.8. The Morgan fingerprint density at radius 3 is 2.17 bits per heavy atom. The van der Waals surface area contributed by atoms with E-state index in [1.54, 1.807) is 25.2 Å². The Morgan fingerprint density at radius 1 is 0.933 bits per heavy atom. The van der Waals surface area contributed by atoms with Crippen LogP contribution in [0.25, 0.3) is 0 Å². The lowest BCUT2D eigenvalue weighted by Gasteiger charge is -2.16. The van der Waals surface area contributed by atoms with Crippen LogP contribution < -0.4 is 25.6 Å². The molecule has 2 aromatic rings. The van der Waals surface area contributed by atoms with Gasteiger partial charge < -0.3 is 25.6 Å². The van der Waals surface area contributed by atoms with Crippen LogP contribution in [-0.2, 0) is 14.4 Å². The first-order valence-corrected chi connectivity index (χ1v) is 9.62. The van der Waals surface area contributed by atoms with Crippen molar-refractivity contribution in [2.24, 2.45) is 0 Å². The van der Waals surface area contributed by atoms with Crippen LogP contribution in [0.3, 0.4) is 0 Å². The monoisotopic (exact) mass is 413 g/mol. The van der Waals surface area contributed by atoms with E-state index in [9.17, 15) is 14.4 Å². The van der Waals surface area contributed by atoms with Crippen LogP contribution in [-0.4, -0.2) is 45.0 Å². The molecule has 0 saturated heterocycles. The standard InChI is InChI=1S/C22H28N4O4/c1-14-7-6-8-18(15(14)2)24-21(28)12-26(4)13-22(29)25-19-11-17(23-16(3)27)9-10-20(19)30-5/h6-11H,12-13H2,1-5H3,(H,23,27)(H,24,28)(H,25,29)/p+1. The lowest BCUT2D eigenvalue weighted by atomic mass is 10.1. The van der Waals surface area contributed by atoms with Crippen LogP contribution in [0, 0.1) is 13.8 Å². The van der Waals surface area contributed by atoms with Gasteiger partial charge >= 0.3 is 0 Å². The van der Waals surface area contributed by atoms with Crippen LogP contribution in [0.1, 0.15) is 18.1 Å². The molecule has 0 spiro atoms. The van der Waals surface area contributed by atoms with Crippen molar-refractivity contribution in [1.82, 2.24) is 0 Å². The minimum Gasteiger partial charge on any atom is -0.495 e. The molecule has 1 atom stereocenters. The van der Waals surface area contributed by atoms with Crippen LogP contribution in [0.2, 0.25) is 0 Å². The van der Waals surface area contributed by atoms with Gasteiger partial charge in [0.15, 0.2) is 13.1 Å². The average Bonchev–Trinajstić information content (AvgIpc) is 2.65. The zero-order chi connectivity index (χ0) is 22.3. The number of methoxy groups -OCH3 is 1. The number of nitrogens with one attached hydrogen (secondary N) is 4. The number of carbonyl (C=O) groups excluding carboxylic acids is 3. The van der Waals surface area contributed by atoms with Crippen molar-refractivity contribution in [3.05, 3.63) is 47.5 Å². The van der Waals surface area contributed by atoms with E-state index in [2.05, 4.69) is 16.0 Å². The molecule has 0 aliphatic rings. The van der Waals surface area contributed by atoms with E-state index in [1.807, 2.05) is 32.0 Å². The highest BCUT2D eigenvalue weighted by molar-refractivity contribution is 5.96. The molecule has 0 aromatic heterocycles. The number of amides is 3. The molecule has 1 unspecified atom stereocenters. The number of hydrogen-bond acceptors (Lipinski definition) is 4. The lowest BCUT2D eigenvalue weighted by Crippen LogP contribution is -3.11. The van der Waals surface area contributed by atoms with Gasteiger partial charge in [-0.2, -0.15) is 0 Å². The van der Waals surface area contributed by atoms with E-state index in [1.165, 1.54) is 14.0 Å². The molecule has 4 N–H and O–H groups in total. The van der Waals surface area contributed by atoms with Gasteiger partial charge in [0.25, 0.3) is 11.8 Å². The maximum atomic E-state index is 12.5. The predicted octanol–water partition coefficient (Wildman–Crippen LogP) is 1.36. The molecule has 2 aromatic carbocycles. The summed E-state index contributed by atoms with van der Waals surface area (Å²) in [6.45, 7) is 5.58. The van der Waals surface area contributed by atoms with Gasteiger partial charge in [-0.3, -0.25) is 14.4 Å². The van der Waals surface area contributed by atoms with Gasteiger partial charge in [-0.1, -0.05) is 12.1 Å². The first-order valence-electron chi connectivity index (χ1n) is 9.62. The number of likely N-dealkylation sites (N-methyl/N-ethyl adjacent to an activating group) is 1. The number of quaternary nitrogens is 1. The number of rotatable bonds is 8. The molecule has 2 rings (SSSR count). The Hall–Kier alpha value is -3.39. The first-order chi connectivity index (χ1) is 14.2. The van der Waals surface area contributed by atoms with Crippen LogP contribution in [0.4, 0.5) is 17.1 Å². The van der Waals surface area contributed by atoms with Crippen molar-refractivity contribution in [3.8, 4) is 5.75 Å². The van der Waals surface area contributed by atoms with Crippen LogP contribution >= 0.6 is 0 Å². The number of benzene rings is 2. The second kappa shape index (κ2) is 10.4. The summed E-state index contributed by atoms with van der Waals surface area (Å²) >= 11 is 0. The number of anilines is 3. The quantitative estimate of drug-likeness (QED) is 0.525. The van der Waals surface area contributed by atoms with Gasteiger partial charge in [-0.15, -0.1) is 0 Å². The molecule has 3 amide bonds. The Labute approximate surface area is 176 Å². The van der Waals surface area contributed by atoms with E-state index in [0.717, 1.165) is 21.7 Å². The average molecular weight is 413 g/mol. The largest absolute Gasteiger partial charge is 0.495 e. The summed E-state index contributed by atoms with van der Waals surface area (Å²) in [6.07, 6.45) is 0. The van der Waals surface area contributed by atoms with Crippen molar-refractivity contribution in [2.45, 2.75) is 20.8 Å². The minimum absolute atomic E-state index is 0.0910. The molecule has 0 fully saturated rings. The summed E-state index contributed by atoms with van der Waals surface area (Å²) in [6, 6.07) is 10.7. The van der Waals surface area contributed by atoms with Crippen molar-refractivity contribution >= 4 is 34.8 Å². The molecular weight excluding hydrogens is 384 g/mol. The zero-order valence-corrected chi connectivity index (χ0v) is 18.0. The first kappa shape index (κ1) is 22.9. The van der Waals surface area contributed by atoms with Crippen molar-refractivity contribution in [1.29, 1.82) is 0 Å².